The van der Waals surface area contributed by atoms with Gasteiger partial charge in [0.05, 0.1) is 13.2 Å². The normalized spacial score (nSPS) is 25.0. The second-order valence-electron chi connectivity index (χ2n) is 7.16. The van der Waals surface area contributed by atoms with E-state index in [2.05, 4.69) is 15.0 Å². The fourth-order valence-electron chi connectivity index (χ4n) is 2.99. The summed E-state index contributed by atoms with van der Waals surface area (Å²) in [4.78, 5) is 48.6. The molecule has 14 nitrogen and oxygen atoms in total. The summed E-state index contributed by atoms with van der Waals surface area (Å²) >= 11 is 0. The van der Waals surface area contributed by atoms with Crippen molar-refractivity contribution in [3.05, 3.63) is 58.6 Å². The van der Waals surface area contributed by atoms with Gasteiger partial charge in [0, 0.05) is 6.20 Å². The molecule has 3 rings (SSSR count). The zero-order valence-electron chi connectivity index (χ0n) is 16.9. The molecule has 0 bridgehead atoms. The largest absolute Gasteiger partial charge is 0.387 e. The van der Waals surface area contributed by atoms with Gasteiger partial charge in [0.25, 0.3) is 0 Å². The molecule has 1 unspecified atom stereocenters. The van der Waals surface area contributed by atoms with E-state index in [1.807, 2.05) is 30.3 Å². The van der Waals surface area contributed by atoms with Crippen LogP contribution < -0.4 is 11.2 Å². The van der Waals surface area contributed by atoms with E-state index in [1.165, 1.54) is 12.3 Å². The maximum Gasteiger partial charge on any atom is 0.351 e. The van der Waals surface area contributed by atoms with Crippen molar-refractivity contribution in [2.75, 3.05) is 18.0 Å². The summed E-state index contributed by atoms with van der Waals surface area (Å²) in [5.74, 6) is -1.34. The lowest BCUT2D eigenvalue weighted by Gasteiger charge is -2.18. The van der Waals surface area contributed by atoms with E-state index >= 15 is 0 Å². The van der Waals surface area contributed by atoms with Gasteiger partial charge in [-0.3, -0.25) is 18.5 Å². The Morgan fingerprint density at radius 1 is 1.09 bits per heavy atom. The van der Waals surface area contributed by atoms with Crippen molar-refractivity contribution in [2.24, 2.45) is 0 Å². The molecule has 0 saturated carbocycles. The minimum absolute atomic E-state index is 0.0822. The van der Waals surface area contributed by atoms with Crippen LogP contribution in [0.1, 0.15) is 11.8 Å². The van der Waals surface area contributed by atoms with Crippen LogP contribution >= 0.6 is 15.2 Å². The van der Waals surface area contributed by atoms with Crippen molar-refractivity contribution in [3.63, 3.8) is 0 Å². The van der Waals surface area contributed by atoms with Gasteiger partial charge in [0.1, 0.15) is 18.3 Å². The van der Waals surface area contributed by atoms with Crippen molar-refractivity contribution >= 4 is 21.0 Å². The number of aromatic nitrogens is 2. The molecule has 0 radical (unpaired) electrons. The topological polar surface area (TPSA) is 210 Å². The highest BCUT2D eigenvalue weighted by Gasteiger charge is 2.45. The van der Waals surface area contributed by atoms with Crippen molar-refractivity contribution in [3.8, 4) is 0 Å². The fraction of sp³-hybridized carbons (Fsp3) is 0.412. The van der Waals surface area contributed by atoms with Crippen molar-refractivity contribution < 1.29 is 48.1 Å². The molecule has 0 amide bonds. The van der Waals surface area contributed by atoms with Gasteiger partial charge in [0.2, 0.25) is 0 Å². The Bertz CT molecular complexity index is 1090. The Morgan fingerprint density at radius 3 is 2.42 bits per heavy atom. The lowest BCUT2D eigenvalue weighted by atomic mass is 10.1. The van der Waals surface area contributed by atoms with Gasteiger partial charge in [-0.25, -0.2) is 10.3 Å². The van der Waals surface area contributed by atoms with Gasteiger partial charge in [-0.05, 0) is 11.6 Å². The highest BCUT2D eigenvalue weighted by molar-refractivity contribution is 7.70. The van der Waals surface area contributed by atoms with Crippen molar-refractivity contribution in [1.82, 2.24) is 9.55 Å². The second-order valence-corrected chi connectivity index (χ2v) is 11.2. The fourth-order valence-corrected chi connectivity index (χ4v) is 5.56. The summed E-state index contributed by atoms with van der Waals surface area (Å²) in [7, 11) is -9.53. The zero-order chi connectivity index (χ0) is 24.2. The Labute approximate surface area is 187 Å². The summed E-state index contributed by atoms with van der Waals surface area (Å²) in [5, 5.41) is 20.4. The lowest BCUT2D eigenvalue weighted by Crippen LogP contribution is -2.36. The molecule has 1 saturated heterocycles. The van der Waals surface area contributed by atoms with Crippen LogP contribution in [-0.2, 0) is 29.8 Å². The first-order valence-electron chi connectivity index (χ1n) is 9.49. The van der Waals surface area contributed by atoms with Crippen LogP contribution in [0.4, 0.5) is 5.82 Å². The third-order valence-corrected chi connectivity index (χ3v) is 7.96. The van der Waals surface area contributed by atoms with Crippen LogP contribution in [0.15, 0.2) is 47.4 Å². The molecule has 6 N–H and O–H groups in total. The first-order chi connectivity index (χ1) is 15.5. The number of hydrogen-bond acceptors (Lipinski definition) is 10. The van der Waals surface area contributed by atoms with Gasteiger partial charge < -0.3 is 34.2 Å². The molecule has 0 spiro atoms. The molecule has 2 aromatic rings. The highest BCUT2D eigenvalue weighted by Crippen LogP contribution is 2.55. The van der Waals surface area contributed by atoms with Crippen LogP contribution in [0.2, 0.25) is 0 Å². The number of rotatable bonds is 10. The van der Waals surface area contributed by atoms with Crippen LogP contribution in [-0.4, -0.2) is 65.3 Å². The number of aliphatic hydroxyl groups is 2. The van der Waals surface area contributed by atoms with Gasteiger partial charge in [0.15, 0.2) is 17.9 Å². The van der Waals surface area contributed by atoms with Gasteiger partial charge >= 0.3 is 20.9 Å². The van der Waals surface area contributed by atoms with Gasteiger partial charge in [-0.2, -0.15) is 4.98 Å². The minimum atomic E-state index is -4.83. The smallest absolute Gasteiger partial charge is 0.351 e. The van der Waals surface area contributed by atoms with Gasteiger partial charge in [-0.1, -0.05) is 30.3 Å². The summed E-state index contributed by atoms with van der Waals surface area (Å²) < 4.78 is 33.5. The van der Waals surface area contributed by atoms with Crippen LogP contribution in [0.25, 0.3) is 0 Å². The molecular formula is C17H23N3O11P2. The maximum atomic E-state index is 12.4. The maximum absolute atomic E-state index is 12.4. The number of nitrogens with zero attached hydrogens (tertiary/aromatic N) is 2. The Morgan fingerprint density at radius 2 is 1.79 bits per heavy atom. The van der Waals surface area contributed by atoms with E-state index in [9.17, 15) is 29.0 Å². The zero-order valence-corrected chi connectivity index (χ0v) is 18.7. The minimum Gasteiger partial charge on any atom is -0.387 e. The number of hydrogen-bond donors (Lipinski definition) is 6. The lowest BCUT2D eigenvalue weighted by molar-refractivity contribution is -0.0523. The predicted octanol–water partition coefficient (Wildman–Crippen LogP) is -0.257. The summed E-state index contributed by atoms with van der Waals surface area (Å²) in [6.07, 6.45) is -4.76. The molecule has 0 aliphatic carbocycles. The van der Waals surface area contributed by atoms with Crippen molar-refractivity contribution in [1.29, 1.82) is 0 Å². The number of anilines is 1. The monoisotopic (exact) mass is 507 g/mol. The quantitative estimate of drug-likeness (QED) is 0.181. The summed E-state index contributed by atoms with van der Waals surface area (Å²) in [6, 6.07) is 10.6. The van der Waals surface area contributed by atoms with Crippen LogP contribution in [0, 0.1) is 0 Å². The molecule has 2 heterocycles. The van der Waals surface area contributed by atoms with Gasteiger partial charge in [-0.15, -0.1) is 0 Å². The number of aliphatic hydroxyl groups excluding tert-OH is 2. The molecule has 1 aromatic heterocycles. The molecule has 5 atom stereocenters. The predicted molar refractivity (Wildman–Crippen MR) is 112 cm³/mol. The van der Waals surface area contributed by atoms with E-state index in [-0.39, 0.29) is 12.4 Å². The van der Waals surface area contributed by atoms with Crippen LogP contribution in [0.5, 0.6) is 0 Å². The first-order valence-corrected chi connectivity index (χ1v) is 13.0. The van der Waals surface area contributed by atoms with E-state index in [0.29, 0.717) is 0 Å². The first kappa shape index (κ1) is 25.7. The number of benzene rings is 1. The Kier molecular flexibility index (Phi) is 8.19. The molecular weight excluding hydrogens is 484 g/mol. The summed E-state index contributed by atoms with van der Waals surface area (Å²) in [5.41, 5.74) is 2.55. The molecule has 1 aliphatic heterocycles. The molecule has 1 fully saturated rings. The molecule has 33 heavy (non-hydrogen) atoms. The van der Waals surface area contributed by atoms with E-state index < -0.39 is 57.9 Å². The SMILES string of the molecule is O=c1nc(NOCc2ccccc2)ccn1[C@@H]1O[C@H](COP(=O)(O)CP(=O)(O)O)[C@@H](O)[C@H]1O. The molecule has 182 valence electrons. The average molecular weight is 507 g/mol. The second kappa shape index (κ2) is 10.5. The van der Waals surface area contributed by atoms with E-state index in [1.54, 1.807) is 0 Å². The number of nitrogens with one attached hydrogen (secondary N) is 1. The van der Waals surface area contributed by atoms with E-state index in [0.717, 1.165) is 10.1 Å². The number of ether oxygens (including phenoxy) is 1. The van der Waals surface area contributed by atoms with Crippen LogP contribution in [0.3, 0.4) is 0 Å². The Hall–Kier alpha value is -1.96. The molecule has 16 heteroatoms. The molecule has 1 aromatic carbocycles. The van der Waals surface area contributed by atoms with E-state index in [4.69, 9.17) is 19.4 Å². The summed E-state index contributed by atoms with van der Waals surface area (Å²) in [6.45, 7) is -0.557. The Balaban J connectivity index is 1.60. The average Bonchev–Trinajstić information content (AvgIpc) is 3.00. The molecule has 1 aliphatic rings. The standard InChI is InChI=1S/C17H23N3O11P2/c21-14-12(9-30-33(27,28)10-32(24,25)26)31-16(15(14)22)20-7-6-13(18-17(20)23)19-29-8-11-4-2-1-3-5-11/h1-7,12,14-16,21-22H,8-10H2,(H,27,28)(H,18,19,23)(H2,24,25,26)/t12-,14-,15-,16-/m1/s1. The third-order valence-electron chi connectivity index (χ3n) is 4.50. The third kappa shape index (κ3) is 7.26. The van der Waals surface area contributed by atoms with Crippen molar-refractivity contribution in [2.45, 2.75) is 31.1 Å². The highest BCUT2D eigenvalue weighted by atomic mass is 31.2.